The lowest BCUT2D eigenvalue weighted by Crippen LogP contribution is -2.41. The number of carbonyl (C=O) groups excluding carboxylic acids is 2. The van der Waals surface area contributed by atoms with Gasteiger partial charge in [0.25, 0.3) is 11.8 Å². The van der Waals surface area contributed by atoms with E-state index in [1.54, 1.807) is 24.3 Å². The number of benzene rings is 2. The quantitative estimate of drug-likeness (QED) is 0.495. The van der Waals surface area contributed by atoms with E-state index < -0.39 is 21.8 Å². The van der Waals surface area contributed by atoms with Gasteiger partial charge in [-0.1, -0.05) is 0 Å². The fraction of sp³-hybridized carbons (Fsp3) is 0.250. The zero-order valence-electron chi connectivity index (χ0n) is 17.6. The van der Waals surface area contributed by atoms with Crippen LogP contribution in [0.4, 0.5) is 0 Å². The van der Waals surface area contributed by atoms with Crippen molar-refractivity contribution < 1.29 is 22.7 Å². The summed E-state index contributed by atoms with van der Waals surface area (Å²) in [6, 6.07) is 10.5. The molecule has 1 saturated heterocycles. The first-order valence-corrected chi connectivity index (χ1v) is 11.5. The van der Waals surface area contributed by atoms with Crippen molar-refractivity contribution in [2.24, 2.45) is 0 Å². The Morgan fingerprint density at radius 2 is 1.61 bits per heavy atom. The lowest BCUT2D eigenvalue weighted by molar-refractivity contribution is 0.0846. The first-order valence-electron chi connectivity index (χ1n) is 10.0. The summed E-state index contributed by atoms with van der Waals surface area (Å²) < 4.78 is 34.0. The molecule has 3 aromatic rings. The van der Waals surface area contributed by atoms with E-state index in [0.29, 0.717) is 24.3 Å². The van der Waals surface area contributed by atoms with Gasteiger partial charge in [-0.25, -0.2) is 13.1 Å². The molecule has 2 aromatic carbocycles. The molecule has 12 nitrogen and oxygen atoms in total. The van der Waals surface area contributed by atoms with Crippen LogP contribution in [0.1, 0.15) is 33.6 Å². The van der Waals surface area contributed by atoms with Gasteiger partial charge < -0.3 is 4.74 Å². The van der Waals surface area contributed by atoms with Gasteiger partial charge in [0.2, 0.25) is 10.0 Å². The topological polar surface area (TPSA) is 148 Å². The van der Waals surface area contributed by atoms with Gasteiger partial charge in [-0.15, -0.1) is 5.10 Å². The van der Waals surface area contributed by atoms with E-state index >= 15 is 0 Å². The zero-order valence-corrected chi connectivity index (χ0v) is 18.4. The van der Waals surface area contributed by atoms with Crippen LogP contribution in [-0.2, 0) is 10.0 Å². The van der Waals surface area contributed by atoms with E-state index in [4.69, 9.17) is 4.74 Å². The van der Waals surface area contributed by atoms with Crippen LogP contribution in [0.2, 0.25) is 0 Å². The molecule has 2 N–H and O–H groups in total. The summed E-state index contributed by atoms with van der Waals surface area (Å²) >= 11 is 0. The number of sulfonamides is 1. The molecule has 0 atom stereocenters. The van der Waals surface area contributed by atoms with E-state index in [0.717, 1.165) is 12.8 Å². The van der Waals surface area contributed by atoms with Gasteiger partial charge >= 0.3 is 0 Å². The Morgan fingerprint density at radius 3 is 2.21 bits per heavy atom. The van der Waals surface area contributed by atoms with Gasteiger partial charge in [0.1, 0.15) is 17.0 Å². The maximum absolute atomic E-state index is 13.0. The predicted molar refractivity (Wildman–Crippen MR) is 115 cm³/mol. The van der Waals surface area contributed by atoms with Crippen LogP contribution in [-0.4, -0.2) is 64.9 Å². The highest BCUT2D eigenvalue weighted by Crippen LogP contribution is 2.29. The van der Waals surface area contributed by atoms with Crippen molar-refractivity contribution in [1.82, 2.24) is 35.4 Å². The molecule has 0 bridgehead atoms. The summed E-state index contributed by atoms with van der Waals surface area (Å²) in [7, 11) is -2.45. The number of tetrazole rings is 1. The number of aromatic nitrogens is 4. The summed E-state index contributed by atoms with van der Waals surface area (Å²) in [4.78, 5) is 24.9. The van der Waals surface area contributed by atoms with Crippen LogP contribution in [0.25, 0.3) is 5.69 Å². The first kappa shape index (κ1) is 22.4. The predicted octanol–water partition coefficient (Wildman–Crippen LogP) is 0.530. The minimum atomic E-state index is -3.81. The highest BCUT2D eigenvalue weighted by Gasteiger charge is 2.30. The van der Waals surface area contributed by atoms with Crippen molar-refractivity contribution >= 4 is 21.8 Å². The largest absolute Gasteiger partial charge is 0.495 e. The van der Waals surface area contributed by atoms with Crippen molar-refractivity contribution in [2.45, 2.75) is 17.7 Å². The molecule has 33 heavy (non-hydrogen) atoms. The van der Waals surface area contributed by atoms with Crippen LogP contribution in [0.5, 0.6) is 5.75 Å². The third kappa shape index (κ3) is 4.68. The Morgan fingerprint density at radius 1 is 0.970 bits per heavy atom. The highest BCUT2D eigenvalue weighted by atomic mass is 32.2. The fourth-order valence-electron chi connectivity index (χ4n) is 3.39. The van der Waals surface area contributed by atoms with Crippen molar-refractivity contribution in [2.75, 3.05) is 20.2 Å². The Balaban J connectivity index is 1.45. The lowest BCUT2D eigenvalue weighted by Gasteiger charge is -2.18. The Kier molecular flexibility index (Phi) is 6.33. The number of carbonyl (C=O) groups is 2. The minimum absolute atomic E-state index is 0.0582. The van der Waals surface area contributed by atoms with E-state index in [1.807, 2.05) is 0 Å². The van der Waals surface area contributed by atoms with E-state index in [1.165, 1.54) is 40.6 Å². The average molecular weight is 471 g/mol. The number of hydrogen-bond acceptors (Lipinski definition) is 8. The monoisotopic (exact) mass is 471 g/mol. The number of methoxy groups -OCH3 is 1. The molecule has 0 unspecified atom stereocenters. The van der Waals surface area contributed by atoms with Gasteiger partial charge in [0.15, 0.2) is 0 Å². The number of rotatable bonds is 6. The number of amides is 2. The number of hydrogen-bond donors (Lipinski definition) is 2. The summed E-state index contributed by atoms with van der Waals surface area (Å²) in [5.74, 6) is -1.08. The molecule has 1 fully saturated rings. The number of nitrogens with zero attached hydrogens (tertiary/aromatic N) is 5. The van der Waals surface area contributed by atoms with Crippen LogP contribution in [0, 0.1) is 0 Å². The molecule has 0 aliphatic carbocycles. The fourth-order valence-corrected chi connectivity index (χ4v) is 5.09. The molecule has 0 radical (unpaired) electrons. The van der Waals surface area contributed by atoms with Crippen LogP contribution in [0.15, 0.2) is 53.7 Å². The second-order valence-electron chi connectivity index (χ2n) is 7.19. The Hall–Kier alpha value is -3.84. The van der Waals surface area contributed by atoms with Crippen LogP contribution in [0.3, 0.4) is 0 Å². The summed E-state index contributed by atoms with van der Waals surface area (Å²) in [6.07, 6.45) is 2.98. The maximum Gasteiger partial charge on any atom is 0.269 e. The molecule has 1 aliphatic rings. The number of nitrogens with one attached hydrogen (secondary N) is 2. The normalized spacial score (nSPS) is 14.1. The molecule has 2 amide bonds. The Labute approximate surface area is 189 Å². The SMILES string of the molecule is COc1ccc(C(=O)NNC(=O)c2ccc(-n3cnnn3)cc2)cc1S(=O)(=O)N1CCCC1. The molecule has 172 valence electrons. The Bertz CT molecular complexity index is 1250. The molecule has 0 saturated carbocycles. The average Bonchev–Trinajstić information content (AvgIpc) is 3.57. The van der Waals surface area contributed by atoms with E-state index in [9.17, 15) is 18.0 Å². The molecule has 2 heterocycles. The van der Waals surface area contributed by atoms with E-state index in [2.05, 4.69) is 26.4 Å². The van der Waals surface area contributed by atoms with Crippen LogP contribution >= 0.6 is 0 Å². The molecule has 13 heteroatoms. The van der Waals surface area contributed by atoms with E-state index in [-0.39, 0.29) is 16.2 Å². The van der Waals surface area contributed by atoms with Gasteiger partial charge in [-0.2, -0.15) is 4.31 Å². The van der Waals surface area contributed by atoms with Crippen LogP contribution < -0.4 is 15.6 Å². The molecular weight excluding hydrogens is 450 g/mol. The summed E-state index contributed by atoms with van der Waals surface area (Å²) in [6.45, 7) is 0.842. The van der Waals surface area contributed by atoms with Crippen molar-refractivity contribution in [1.29, 1.82) is 0 Å². The van der Waals surface area contributed by atoms with Crippen molar-refractivity contribution in [3.63, 3.8) is 0 Å². The molecule has 1 aromatic heterocycles. The standard InChI is InChI=1S/C20H21N7O5S/c1-32-17-9-6-15(12-18(17)33(30,31)26-10-2-3-11-26)20(29)23-22-19(28)14-4-7-16(8-5-14)27-13-21-24-25-27/h4-9,12-13H,2-3,10-11H2,1H3,(H,22,28)(H,23,29). The summed E-state index contributed by atoms with van der Waals surface area (Å²) in [5, 5.41) is 10.9. The first-order chi connectivity index (χ1) is 15.9. The lowest BCUT2D eigenvalue weighted by atomic mass is 10.2. The smallest absolute Gasteiger partial charge is 0.269 e. The third-order valence-corrected chi connectivity index (χ3v) is 7.06. The molecule has 4 rings (SSSR count). The van der Waals surface area contributed by atoms with Crippen molar-refractivity contribution in [3.05, 3.63) is 59.9 Å². The van der Waals surface area contributed by atoms with Gasteiger partial charge in [0, 0.05) is 24.2 Å². The van der Waals surface area contributed by atoms with Gasteiger partial charge in [-0.05, 0) is 65.7 Å². The van der Waals surface area contributed by atoms with Crippen molar-refractivity contribution in [3.8, 4) is 11.4 Å². The second kappa shape index (κ2) is 9.34. The summed E-state index contributed by atoms with van der Waals surface area (Å²) in [5.41, 5.74) is 5.62. The molecule has 0 spiro atoms. The second-order valence-corrected chi connectivity index (χ2v) is 9.09. The zero-order chi connectivity index (χ0) is 23.4. The minimum Gasteiger partial charge on any atom is -0.495 e. The van der Waals surface area contributed by atoms with Gasteiger partial charge in [0.05, 0.1) is 12.8 Å². The molecular formula is C20H21N7O5S. The number of hydrazine groups is 1. The van der Waals surface area contributed by atoms with Gasteiger partial charge in [-0.3, -0.25) is 20.4 Å². The number of ether oxygens (including phenoxy) is 1. The maximum atomic E-state index is 13.0. The molecule has 1 aliphatic heterocycles. The highest BCUT2D eigenvalue weighted by molar-refractivity contribution is 7.89. The third-order valence-electron chi connectivity index (χ3n) is 5.14.